The van der Waals surface area contributed by atoms with Gasteiger partial charge in [0.2, 0.25) is 0 Å². The number of benzene rings is 2. The van der Waals surface area contributed by atoms with E-state index in [2.05, 4.69) is 10.6 Å². The molecule has 0 amide bonds. The molecule has 0 bridgehead atoms. The lowest BCUT2D eigenvalue weighted by atomic mass is 10.3. The van der Waals surface area contributed by atoms with Gasteiger partial charge in [-0.1, -0.05) is 29.3 Å². The zero-order valence-electron chi connectivity index (χ0n) is 11.8. The molecule has 2 aromatic carbocycles. The number of rotatable bonds is 7. The molecule has 0 saturated heterocycles. The first kappa shape index (κ1) is 15.8. The zero-order chi connectivity index (χ0) is 15.1. The molecule has 112 valence electrons. The largest absolute Gasteiger partial charge is 0.494 e. The Labute approximate surface area is 135 Å². The number of halogens is 2. The minimum atomic E-state index is 0.665. The van der Waals surface area contributed by atoms with Crippen molar-refractivity contribution in [2.24, 2.45) is 0 Å². The molecule has 0 aliphatic heterocycles. The van der Waals surface area contributed by atoms with E-state index in [4.69, 9.17) is 27.9 Å². The highest BCUT2D eigenvalue weighted by Gasteiger charge is 2.00. The summed E-state index contributed by atoms with van der Waals surface area (Å²) in [4.78, 5) is 0. The molecule has 0 radical (unpaired) electrons. The Morgan fingerprint density at radius 3 is 2.62 bits per heavy atom. The van der Waals surface area contributed by atoms with Gasteiger partial charge in [-0.15, -0.1) is 0 Å². The predicted molar refractivity (Wildman–Crippen MR) is 91.1 cm³/mol. The van der Waals surface area contributed by atoms with Gasteiger partial charge in [-0.25, -0.2) is 0 Å². The minimum Gasteiger partial charge on any atom is -0.494 e. The van der Waals surface area contributed by atoms with Crippen molar-refractivity contribution in [3.05, 3.63) is 52.5 Å². The van der Waals surface area contributed by atoms with E-state index < -0.39 is 0 Å². The number of ether oxygens (including phenoxy) is 1. The average Bonchev–Trinajstić information content (AvgIpc) is 2.48. The van der Waals surface area contributed by atoms with E-state index in [0.29, 0.717) is 16.7 Å². The summed E-state index contributed by atoms with van der Waals surface area (Å²) in [6, 6.07) is 13.3. The van der Waals surface area contributed by atoms with Crippen LogP contribution in [0.25, 0.3) is 0 Å². The molecule has 2 rings (SSSR count). The fourth-order valence-electron chi connectivity index (χ4n) is 1.90. The van der Waals surface area contributed by atoms with Crippen molar-refractivity contribution >= 4 is 34.6 Å². The van der Waals surface area contributed by atoms with Crippen LogP contribution in [0.4, 0.5) is 11.4 Å². The van der Waals surface area contributed by atoms with Crippen LogP contribution in [0.3, 0.4) is 0 Å². The van der Waals surface area contributed by atoms with Gasteiger partial charge in [0.15, 0.2) is 0 Å². The van der Waals surface area contributed by atoms with Crippen molar-refractivity contribution in [1.29, 1.82) is 0 Å². The van der Waals surface area contributed by atoms with Crippen molar-refractivity contribution < 1.29 is 4.74 Å². The molecule has 0 fully saturated rings. The second-order valence-electron chi connectivity index (χ2n) is 4.44. The summed E-state index contributed by atoms with van der Waals surface area (Å²) in [5.74, 6) is 0.869. The van der Waals surface area contributed by atoms with Gasteiger partial charge in [-0.2, -0.15) is 0 Å². The fraction of sp³-hybridized carbons (Fsp3) is 0.250. The molecular weight excluding hydrogens is 307 g/mol. The van der Waals surface area contributed by atoms with Crippen LogP contribution in [0.1, 0.15) is 6.92 Å². The standard InChI is InChI=1S/C16H18Cl2N2O/c1-2-21-14-5-3-4-13(11-14)19-8-9-20-16-10-12(17)6-7-15(16)18/h3-7,10-11,19-20H,2,8-9H2,1H3. The Bertz CT molecular complexity index is 590. The molecule has 21 heavy (non-hydrogen) atoms. The molecule has 0 saturated carbocycles. The maximum absolute atomic E-state index is 6.09. The Kier molecular flexibility index (Phi) is 6.03. The van der Waals surface area contributed by atoms with Gasteiger partial charge in [-0.3, -0.25) is 0 Å². The fourth-order valence-corrected chi connectivity index (χ4v) is 2.26. The van der Waals surface area contributed by atoms with Crippen LogP contribution in [0, 0.1) is 0 Å². The summed E-state index contributed by atoms with van der Waals surface area (Å²) in [5.41, 5.74) is 1.87. The molecule has 0 aromatic heterocycles. The third-order valence-corrected chi connectivity index (χ3v) is 3.41. The van der Waals surface area contributed by atoms with E-state index in [0.717, 1.165) is 30.2 Å². The molecule has 2 N–H and O–H groups in total. The van der Waals surface area contributed by atoms with E-state index in [1.807, 2.05) is 37.3 Å². The molecular formula is C16H18Cl2N2O. The van der Waals surface area contributed by atoms with Crippen LogP contribution in [-0.4, -0.2) is 19.7 Å². The normalized spacial score (nSPS) is 10.2. The molecule has 3 nitrogen and oxygen atoms in total. The maximum Gasteiger partial charge on any atom is 0.121 e. The van der Waals surface area contributed by atoms with E-state index in [1.165, 1.54) is 0 Å². The van der Waals surface area contributed by atoms with Gasteiger partial charge in [0.1, 0.15) is 5.75 Å². The highest BCUT2D eigenvalue weighted by molar-refractivity contribution is 6.35. The predicted octanol–water partition coefficient (Wildman–Crippen LogP) is 4.92. The Hall–Kier alpha value is -1.58. The second kappa shape index (κ2) is 8.01. The third-order valence-electron chi connectivity index (χ3n) is 2.84. The third kappa shape index (κ3) is 5.03. The smallest absolute Gasteiger partial charge is 0.121 e. The average molecular weight is 325 g/mol. The summed E-state index contributed by atoms with van der Waals surface area (Å²) >= 11 is 12.0. The first-order valence-corrected chi connectivity index (χ1v) is 7.60. The molecule has 0 spiro atoms. The summed E-state index contributed by atoms with van der Waals surface area (Å²) < 4.78 is 5.46. The first-order valence-electron chi connectivity index (χ1n) is 6.84. The monoisotopic (exact) mass is 324 g/mol. The molecule has 5 heteroatoms. The number of hydrogen-bond acceptors (Lipinski definition) is 3. The Morgan fingerprint density at radius 1 is 1.00 bits per heavy atom. The topological polar surface area (TPSA) is 33.3 Å². The Balaban J connectivity index is 1.81. The summed E-state index contributed by atoms with van der Waals surface area (Å²) in [6.45, 7) is 4.13. The molecule has 0 unspecified atom stereocenters. The van der Waals surface area contributed by atoms with Gasteiger partial charge in [0.25, 0.3) is 0 Å². The lowest BCUT2D eigenvalue weighted by Gasteiger charge is -2.11. The van der Waals surface area contributed by atoms with Gasteiger partial charge in [-0.05, 0) is 37.3 Å². The SMILES string of the molecule is CCOc1cccc(NCCNc2cc(Cl)ccc2Cl)c1. The molecule has 0 aliphatic rings. The van der Waals surface area contributed by atoms with Crippen molar-refractivity contribution in [3.63, 3.8) is 0 Å². The van der Waals surface area contributed by atoms with E-state index in [-0.39, 0.29) is 0 Å². The van der Waals surface area contributed by atoms with Crippen molar-refractivity contribution in [3.8, 4) is 5.75 Å². The van der Waals surface area contributed by atoms with E-state index >= 15 is 0 Å². The lowest BCUT2D eigenvalue weighted by molar-refractivity contribution is 0.340. The van der Waals surface area contributed by atoms with Gasteiger partial charge < -0.3 is 15.4 Å². The Morgan fingerprint density at radius 2 is 1.81 bits per heavy atom. The molecule has 2 aromatic rings. The van der Waals surface area contributed by atoms with Crippen molar-refractivity contribution in [2.45, 2.75) is 6.92 Å². The lowest BCUT2D eigenvalue weighted by Crippen LogP contribution is -2.13. The molecule has 0 aliphatic carbocycles. The van der Waals surface area contributed by atoms with Crippen LogP contribution in [-0.2, 0) is 0 Å². The van der Waals surface area contributed by atoms with Crippen molar-refractivity contribution in [2.75, 3.05) is 30.3 Å². The number of anilines is 2. The van der Waals surface area contributed by atoms with Crippen molar-refractivity contribution in [1.82, 2.24) is 0 Å². The van der Waals surface area contributed by atoms with Gasteiger partial charge in [0.05, 0.1) is 17.3 Å². The van der Waals surface area contributed by atoms with Gasteiger partial charge in [0, 0.05) is 29.9 Å². The highest BCUT2D eigenvalue weighted by atomic mass is 35.5. The number of hydrogen-bond donors (Lipinski definition) is 2. The van der Waals surface area contributed by atoms with E-state index in [9.17, 15) is 0 Å². The quantitative estimate of drug-likeness (QED) is 0.709. The van der Waals surface area contributed by atoms with Crippen LogP contribution in [0.5, 0.6) is 5.75 Å². The zero-order valence-corrected chi connectivity index (χ0v) is 13.3. The van der Waals surface area contributed by atoms with Crippen LogP contribution >= 0.6 is 23.2 Å². The summed E-state index contributed by atoms with van der Waals surface area (Å²) in [5, 5.41) is 7.91. The van der Waals surface area contributed by atoms with Crippen LogP contribution in [0.2, 0.25) is 10.0 Å². The van der Waals surface area contributed by atoms with Gasteiger partial charge >= 0.3 is 0 Å². The van der Waals surface area contributed by atoms with E-state index in [1.54, 1.807) is 12.1 Å². The first-order chi connectivity index (χ1) is 10.2. The van der Waals surface area contributed by atoms with Crippen LogP contribution in [0.15, 0.2) is 42.5 Å². The number of nitrogens with one attached hydrogen (secondary N) is 2. The second-order valence-corrected chi connectivity index (χ2v) is 5.28. The summed E-state index contributed by atoms with van der Waals surface area (Å²) in [7, 11) is 0. The molecule has 0 atom stereocenters. The highest BCUT2D eigenvalue weighted by Crippen LogP contribution is 2.25. The summed E-state index contributed by atoms with van der Waals surface area (Å²) in [6.07, 6.45) is 0. The maximum atomic E-state index is 6.09. The van der Waals surface area contributed by atoms with Crippen LogP contribution < -0.4 is 15.4 Å². The minimum absolute atomic E-state index is 0.665. The molecule has 0 heterocycles.